The molecule has 3 atom stereocenters. The second-order valence-electron chi connectivity index (χ2n) is 8.04. The molecule has 1 saturated heterocycles. The molecule has 0 N–H and O–H groups in total. The van der Waals surface area contributed by atoms with Crippen molar-refractivity contribution in [2.24, 2.45) is 17.3 Å². The molecule has 1 heterocycles. The SMILES string of the molecule is COc1cccc(C2CCCN2C(=O)C2C(C=C(C)C)C2(C)C)c1. The van der Waals surface area contributed by atoms with E-state index < -0.39 is 0 Å². The van der Waals surface area contributed by atoms with Gasteiger partial charge in [0.25, 0.3) is 0 Å². The maximum absolute atomic E-state index is 13.2. The molecule has 1 aliphatic carbocycles. The molecule has 1 aromatic carbocycles. The molecule has 0 radical (unpaired) electrons. The molecule has 2 fully saturated rings. The number of carbonyl (C=O) groups is 1. The van der Waals surface area contributed by atoms with Crippen LogP contribution in [0.4, 0.5) is 0 Å². The summed E-state index contributed by atoms with van der Waals surface area (Å²) in [4.78, 5) is 15.3. The van der Waals surface area contributed by atoms with Crippen LogP contribution in [0.1, 0.15) is 52.1 Å². The van der Waals surface area contributed by atoms with E-state index in [9.17, 15) is 4.79 Å². The van der Waals surface area contributed by atoms with Gasteiger partial charge < -0.3 is 9.64 Å². The first-order chi connectivity index (χ1) is 11.4. The quantitative estimate of drug-likeness (QED) is 0.757. The van der Waals surface area contributed by atoms with Crippen LogP contribution in [-0.2, 0) is 4.79 Å². The summed E-state index contributed by atoms with van der Waals surface area (Å²) in [6, 6.07) is 8.35. The van der Waals surface area contributed by atoms with Gasteiger partial charge in [0.05, 0.1) is 19.1 Å². The molecule has 1 saturated carbocycles. The smallest absolute Gasteiger partial charge is 0.227 e. The van der Waals surface area contributed by atoms with E-state index in [1.165, 1.54) is 11.1 Å². The summed E-state index contributed by atoms with van der Waals surface area (Å²) in [6.45, 7) is 9.54. The van der Waals surface area contributed by atoms with Crippen LogP contribution >= 0.6 is 0 Å². The van der Waals surface area contributed by atoms with Crippen LogP contribution in [0.3, 0.4) is 0 Å². The average Bonchev–Trinajstić information content (AvgIpc) is 2.92. The number of allylic oxidation sites excluding steroid dienone is 2. The molecule has 2 aliphatic rings. The molecule has 1 aliphatic heterocycles. The van der Waals surface area contributed by atoms with Gasteiger partial charge in [-0.05, 0) is 55.7 Å². The zero-order valence-corrected chi connectivity index (χ0v) is 15.5. The Kier molecular flexibility index (Phi) is 4.46. The number of hydrogen-bond donors (Lipinski definition) is 0. The highest BCUT2D eigenvalue weighted by Crippen LogP contribution is 2.60. The first-order valence-electron chi connectivity index (χ1n) is 8.95. The van der Waals surface area contributed by atoms with Crippen molar-refractivity contribution in [3.63, 3.8) is 0 Å². The van der Waals surface area contributed by atoms with Crippen molar-refractivity contribution in [1.29, 1.82) is 0 Å². The number of likely N-dealkylation sites (tertiary alicyclic amines) is 1. The van der Waals surface area contributed by atoms with Crippen molar-refractivity contribution >= 4 is 5.91 Å². The van der Waals surface area contributed by atoms with E-state index in [0.29, 0.717) is 11.8 Å². The zero-order valence-electron chi connectivity index (χ0n) is 15.5. The second kappa shape index (κ2) is 6.27. The molecule has 3 nitrogen and oxygen atoms in total. The minimum atomic E-state index is 0.0792. The first-order valence-corrected chi connectivity index (χ1v) is 8.95. The molecular weight excluding hydrogens is 298 g/mol. The highest BCUT2D eigenvalue weighted by molar-refractivity contribution is 5.84. The third-order valence-electron chi connectivity index (χ3n) is 5.70. The molecular formula is C21H29NO2. The standard InChI is InChI=1S/C21H29NO2/c1-14(2)12-17-19(21(17,3)4)20(23)22-11-7-10-18(22)15-8-6-9-16(13-15)24-5/h6,8-9,12-13,17-19H,7,10-11H2,1-5H3. The Morgan fingerprint density at radius 2 is 2.08 bits per heavy atom. The molecule has 130 valence electrons. The van der Waals surface area contributed by atoms with Crippen LogP contribution in [-0.4, -0.2) is 24.5 Å². The van der Waals surface area contributed by atoms with Gasteiger partial charge in [-0.15, -0.1) is 0 Å². The molecule has 1 aromatic rings. The monoisotopic (exact) mass is 327 g/mol. The van der Waals surface area contributed by atoms with Crippen LogP contribution in [0.25, 0.3) is 0 Å². The maximum Gasteiger partial charge on any atom is 0.227 e. The van der Waals surface area contributed by atoms with Crippen LogP contribution in [0.2, 0.25) is 0 Å². The van der Waals surface area contributed by atoms with Gasteiger partial charge in [0.1, 0.15) is 5.75 Å². The first kappa shape index (κ1) is 17.1. The summed E-state index contributed by atoms with van der Waals surface area (Å²) >= 11 is 0. The number of nitrogens with zero attached hydrogens (tertiary/aromatic N) is 1. The van der Waals surface area contributed by atoms with Gasteiger partial charge in [-0.3, -0.25) is 4.79 Å². The van der Waals surface area contributed by atoms with E-state index >= 15 is 0 Å². The molecule has 0 bridgehead atoms. The predicted molar refractivity (Wildman–Crippen MR) is 96.9 cm³/mol. The van der Waals surface area contributed by atoms with E-state index in [1.54, 1.807) is 7.11 Å². The third-order valence-corrected chi connectivity index (χ3v) is 5.70. The average molecular weight is 327 g/mol. The van der Waals surface area contributed by atoms with Gasteiger partial charge in [0.15, 0.2) is 0 Å². The molecule has 24 heavy (non-hydrogen) atoms. The Balaban J connectivity index is 1.81. The molecule has 3 unspecified atom stereocenters. The fourth-order valence-electron chi connectivity index (χ4n) is 4.22. The largest absolute Gasteiger partial charge is 0.497 e. The lowest BCUT2D eigenvalue weighted by Gasteiger charge is -2.26. The molecule has 0 aromatic heterocycles. The van der Waals surface area contributed by atoms with E-state index in [4.69, 9.17) is 4.74 Å². The van der Waals surface area contributed by atoms with Gasteiger partial charge in [-0.1, -0.05) is 37.6 Å². The zero-order chi connectivity index (χ0) is 17.5. The highest BCUT2D eigenvalue weighted by Gasteiger charge is 2.61. The molecule has 0 spiro atoms. The minimum Gasteiger partial charge on any atom is -0.497 e. The number of rotatable bonds is 4. The number of ether oxygens (including phenoxy) is 1. The summed E-state index contributed by atoms with van der Waals surface area (Å²) < 4.78 is 5.35. The topological polar surface area (TPSA) is 29.5 Å². The third kappa shape index (κ3) is 2.97. The number of amides is 1. The summed E-state index contributed by atoms with van der Waals surface area (Å²) in [6.07, 6.45) is 4.40. The lowest BCUT2D eigenvalue weighted by Crippen LogP contribution is -2.33. The number of hydrogen-bond acceptors (Lipinski definition) is 2. The fraction of sp³-hybridized carbons (Fsp3) is 0.571. The second-order valence-corrected chi connectivity index (χ2v) is 8.04. The predicted octanol–water partition coefficient (Wildman–Crippen LogP) is 4.60. The van der Waals surface area contributed by atoms with Crippen LogP contribution in [0, 0.1) is 17.3 Å². The highest BCUT2D eigenvalue weighted by atomic mass is 16.5. The van der Waals surface area contributed by atoms with E-state index in [2.05, 4.69) is 50.8 Å². The van der Waals surface area contributed by atoms with E-state index in [0.717, 1.165) is 25.1 Å². The van der Waals surface area contributed by atoms with Crippen LogP contribution in [0.15, 0.2) is 35.9 Å². The maximum atomic E-state index is 13.2. The Bertz CT molecular complexity index is 658. The van der Waals surface area contributed by atoms with Gasteiger partial charge in [0, 0.05) is 6.54 Å². The molecule has 3 heteroatoms. The van der Waals surface area contributed by atoms with Gasteiger partial charge in [-0.2, -0.15) is 0 Å². The molecule has 3 rings (SSSR count). The van der Waals surface area contributed by atoms with Gasteiger partial charge in [-0.25, -0.2) is 0 Å². The normalized spacial score (nSPS) is 27.7. The summed E-state index contributed by atoms with van der Waals surface area (Å²) in [5, 5.41) is 0. The van der Waals surface area contributed by atoms with E-state index in [1.807, 2.05) is 12.1 Å². The van der Waals surface area contributed by atoms with Crippen molar-refractivity contribution in [2.45, 2.75) is 46.6 Å². The Morgan fingerprint density at radius 3 is 2.75 bits per heavy atom. The van der Waals surface area contributed by atoms with E-state index in [-0.39, 0.29) is 17.4 Å². The number of carbonyl (C=O) groups excluding carboxylic acids is 1. The Morgan fingerprint density at radius 1 is 1.33 bits per heavy atom. The fourth-order valence-corrected chi connectivity index (χ4v) is 4.22. The summed E-state index contributed by atoms with van der Waals surface area (Å²) in [5.74, 6) is 1.69. The Labute approximate surface area is 145 Å². The van der Waals surface area contributed by atoms with Crippen molar-refractivity contribution in [3.8, 4) is 5.75 Å². The van der Waals surface area contributed by atoms with Crippen molar-refractivity contribution < 1.29 is 9.53 Å². The summed E-state index contributed by atoms with van der Waals surface area (Å²) in [5.41, 5.74) is 2.57. The van der Waals surface area contributed by atoms with Crippen molar-refractivity contribution in [1.82, 2.24) is 4.90 Å². The molecule has 1 amide bonds. The minimum absolute atomic E-state index is 0.0792. The van der Waals surface area contributed by atoms with Gasteiger partial charge in [0.2, 0.25) is 5.91 Å². The van der Waals surface area contributed by atoms with Crippen LogP contribution < -0.4 is 4.74 Å². The lowest BCUT2D eigenvalue weighted by molar-refractivity contribution is -0.134. The van der Waals surface area contributed by atoms with Gasteiger partial charge >= 0.3 is 0 Å². The Hall–Kier alpha value is -1.77. The summed E-state index contributed by atoms with van der Waals surface area (Å²) in [7, 11) is 1.69. The van der Waals surface area contributed by atoms with Crippen molar-refractivity contribution in [3.05, 3.63) is 41.5 Å². The number of benzene rings is 1. The number of methoxy groups -OCH3 is 1. The van der Waals surface area contributed by atoms with Crippen molar-refractivity contribution in [2.75, 3.05) is 13.7 Å². The lowest BCUT2D eigenvalue weighted by atomic mass is 10.0. The van der Waals surface area contributed by atoms with Crippen LogP contribution in [0.5, 0.6) is 5.75 Å².